The number of halogens is 1. The molecule has 1 aromatic carbocycles. The summed E-state index contributed by atoms with van der Waals surface area (Å²) in [5.41, 5.74) is 5.86. The van der Waals surface area contributed by atoms with Gasteiger partial charge in [-0.25, -0.2) is 9.69 Å². The number of hydrogen-bond donors (Lipinski definition) is 1. The summed E-state index contributed by atoms with van der Waals surface area (Å²) in [5.74, 6) is 1.65. The van der Waals surface area contributed by atoms with Crippen molar-refractivity contribution < 1.29 is 18.8 Å². The average Bonchev–Trinajstić information content (AvgIpc) is 2.90. The molecule has 0 aliphatic rings. The van der Waals surface area contributed by atoms with Crippen LogP contribution in [0.15, 0.2) is 22.7 Å². The maximum atomic E-state index is 11.9. The lowest BCUT2D eigenvalue weighted by molar-refractivity contribution is 0.255. The molecule has 124 valence electrons. The molecule has 23 heavy (non-hydrogen) atoms. The second-order valence-corrected chi connectivity index (χ2v) is 4.99. The maximum Gasteiger partial charge on any atom is 0.325 e. The van der Waals surface area contributed by atoms with Crippen LogP contribution < -0.4 is 20.1 Å². The van der Waals surface area contributed by atoms with Gasteiger partial charge in [-0.1, -0.05) is 16.8 Å². The molecule has 0 saturated heterocycles. The first-order valence-corrected chi connectivity index (χ1v) is 7.47. The second-order valence-electron chi connectivity index (χ2n) is 4.59. The molecule has 0 atom stereocenters. The van der Waals surface area contributed by atoms with Crippen LogP contribution in [0.4, 0.5) is 16.3 Å². The van der Waals surface area contributed by atoms with Crippen molar-refractivity contribution in [3.63, 3.8) is 0 Å². The third kappa shape index (κ3) is 3.68. The Labute approximate surface area is 138 Å². The minimum absolute atomic E-state index is 0.246. The first-order chi connectivity index (χ1) is 11.0. The Balaban J connectivity index is 2.57. The van der Waals surface area contributed by atoms with Crippen LogP contribution in [-0.2, 0) is 0 Å². The summed E-state index contributed by atoms with van der Waals surface area (Å²) >= 11 is 6.22. The largest absolute Gasteiger partial charge is 0.492 e. The monoisotopic (exact) mass is 339 g/mol. The molecule has 0 aliphatic carbocycles. The van der Waals surface area contributed by atoms with Crippen molar-refractivity contribution in [1.29, 1.82) is 0 Å². The van der Waals surface area contributed by atoms with Crippen molar-refractivity contribution in [3.8, 4) is 11.5 Å². The maximum absolute atomic E-state index is 11.9. The highest BCUT2D eigenvalue weighted by Gasteiger charge is 2.24. The third-order valence-corrected chi connectivity index (χ3v) is 3.21. The Kier molecular flexibility index (Phi) is 5.33. The number of carbonyl (C=O) groups is 1. The number of urea groups is 1. The van der Waals surface area contributed by atoms with Crippen molar-refractivity contribution in [2.45, 2.75) is 20.8 Å². The topological polar surface area (TPSA) is 90.8 Å². The summed E-state index contributed by atoms with van der Waals surface area (Å²) in [7, 11) is 0. The van der Waals surface area contributed by atoms with Crippen LogP contribution in [0.5, 0.6) is 11.5 Å². The van der Waals surface area contributed by atoms with Gasteiger partial charge in [-0.3, -0.25) is 0 Å². The van der Waals surface area contributed by atoms with Crippen LogP contribution in [0.25, 0.3) is 0 Å². The second kappa shape index (κ2) is 7.23. The first kappa shape index (κ1) is 17.0. The van der Waals surface area contributed by atoms with E-state index in [0.29, 0.717) is 41.2 Å². The van der Waals surface area contributed by atoms with Gasteiger partial charge in [0, 0.05) is 12.1 Å². The highest BCUT2D eigenvalue weighted by molar-refractivity contribution is 6.32. The number of rotatable bonds is 6. The minimum atomic E-state index is -0.737. The molecule has 0 aliphatic heterocycles. The van der Waals surface area contributed by atoms with Crippen LogP contribution in [0, 0.1) is 6.92 Å². The Hall–Kier alpha value is -2.41. The summed E-state index contributed by atoms with van der Waals surface area (Å²) in [4.78, 5) is 13.1. The number of nitrogens with two attached hydrogens (primary N) is 1. The van der Waals surface area contributed by atoms with Crippen molar-refractivity contribution in [2.75, 3.05) is 18.1 Å². The Bertz CT molecular complexity index is 702. The predicted octanol–water partition coefficient (Wildman–Crippen LogP) is 3.65. The Morgan fingerprint density at radius 1 is 1.26 bits per heavy atom. The smallest absolute Gasteiger partial charge is 0.325 e. The molecule has 2 aromatic rings. The summed E-state index contributed by atoms with van der Waals surface area (Å²) in [6.07, 6.45) is 0. The van der Waals surface area contributed by atoms with Gasteiger partial charge in [0.25, 0.3) is 0 Å². The van der Waals surface area contributed by atoms with Crippen LogP contribution in [0.3, 0.4) is 0 Å². The fourth-order valence-corrected chi connectivity index (χ4v) is 2.26. The molecule has 2 amide bonds. The normalized spacial score (nSPS) is 10.4. The zero-order valence-electron chi connectivity index (χ0n) is 13.1. The van der Waals surface area contributed by atoms with Gasteiger partial charge < -0.3 is 19.7 Å². The van der Waals surface area contributed by atoms with Crippen LogP contribution in [-0.4, -0.2) is 24.4 Å². The van der Waals surface area contributed by atoms with E-state index in [9.17, 15) is 4.79 Å². The quantitative estimate of drug-likeness (QED) is 0.867. The molecule has 0 bridgehead atoms. The predicted molar refractivity (Wildman–Crippen MR) is 86.8 cm³/mol. The van der Waals surface area contributed by atoms with E-state index in [-0.39, 0.29) is 5.82 Å². The van der Waals surface area contributed by atoms with Gasteiger partial charge in [0.15, 0.2) is 5.82 Å². The van der Waals surface area contributed by atoms with Gasteiger partial charge in [0.2, 0.25) is 0 Å². The van der Waals surface area contributed by atoms with Gasteiger partial charge in [-0.05, 0) is 26.8 Å². The molecule has 0 spiro atoms. The van der Waals surface area contributed by atoms with Crippen molar-refractivity contribution >= 4 is 29.1 Å². The molecule has 2 N–H and O–H groups in total. The molecule has 0 fully saturated rings. The van der Waals surface area contributed by atoms with Gasteiger partial charge >= 0.3 is 6.03 Å². The molecule has 7 nitrogen and oxygen atoms in total. The number of primary amides is 1. The van der Waals surface area contributed by atoms with E-state index in [0.717, 1.165) is 0 Å². The average molecular weight is 340 g/mol. The number of ether oxygens (including phenoxy) is 2. The highest BCUT2D eigenvalue weighted by Crippen LogP contribution is 2.40. The van der Waals surface area contributed by atoms with E-state index >= 15 is 0 Å². The number of aryl methyl sites for hydroxylation is 1. The van der Waals surface area contributed by atoms with Crippen LogP contribution in [0.2, 0.25) is 5.02 Å². The number of nitrogens with zero attached hydrogens (tertiary/aromatic N) is 2. The summed E-state index contributed by atoms with van der Waals surface area (Å²) in [6, 6.07) is 4.02. The molecular formula is C15H18ClN3O4. The van der Waals surface area contributed by atoms with Gasteiger partial charge in [-0.2, -0.15) is 0 Å². The lowest BCUT2D eigenvalue weighted by Gasteiger charge is -2.21. The molecule has 0 saturated carbocycles. The number of benzene rings is 1. The third-order valence-electron chi connectivity index (χ3n) is 2.92. The molecule has 1 heterocycles. The number of amides is 2. The molecular weight excluding hydrogens is 322 g/mol. The zero-order valence-corrected chi connectivity index (χ0v) is 13.9. The number of carbonyl (C=O) groups excluding carboxylic acids is 1. The van der Waals surface area contributed by atoms with Gasteiger partial charge in [0.1, 0.15) is 17.3 Å². The summed E-state index contributed by atoms with van der Waals surface area (Å²) in [5, 5.41) is 4.15. The van der Waals surface area contributed by atoms with E-state index in [2.05, 4.69) is 5.16 Å². The number of anilines is 2. The fraction of sp³-hybridized carbons (Fsp3) is 0.333. The van der Waals surface area contributed by atoms with Crippen LogP contribution in [0.1, 0.15) is 19.6 Å². The van der Waals surface area contributed by atoms with Crippen molar-refractivity contribution in [1.82, 2.24) is 5.16 Å². The molecule has 0 unspecified atom stereocenters. The first-order valence-electron chi connectivity index (χ1n) is 7.09. The van der Waals surface area contributed by atoms with E-state index in [1.807, 2.05) is 13.8 Å². The van der Waals surface area contributed by atoms with E-state index in [1.165, 1.54) is 4.90 Å². The van der Waals surface area contributed by atoms with Crippen molar-refractivity contribution in [2.24, 2.45) is 5.73 Å². The van der Waals surface area contributed by atoms with Crippen molar-refractivity contribution in [3.05, 3.63) is 29.0 Å². The summed E-state index contributed by atoms with van der Waals surface area (Å²) < 4.78 is 16.1. The van der Waals surface area contributed by atoms with E-state index < -0.39 is 6.03 Å². The van der Waals surface area contributed by atoms with E-state index in [1.54, 1.807) is 25.1 Å². The molecule has 8 heteroatoms. The Morgan fingerprint density at radius 3 is 2.43 bits per heavy atom. The Morgan fingerprint density at radius 2 is 1.91 bits per heavy atom. The SMILES string of the molecule is CCOc1cc(OCC)c(N(C(N)=O)c2cc(C)on2)cc1Cl. The molecule has 1 aromatic heterocycles. The van der Waals surface area contributed by atoms with Crippen LogP contribution >= 0.6 is 11.6 Å². The minimum Gasteiger partial charge on any atom is -0.492 e. The van der Waals surface area contributed by atoms with Gasteiger partial charge in [-0.15, -0.1) is 0 Å². The lowest BCUT2D eigenvalue weighted by atomic mass is 10.2. The van der Waals surface area contributed by atoms with E-state index in [4.69, 9.17) is 31.3 Å². The summed E-state index contributed by atoms with van der Waals surface area (Å²) in [6.45, 7) is 6.23. The lowest BCUT2D eigenvalue weighted by Crippen LogP contribution is -2.32. The molecule has 0 radical (unpaired) electrons. The van der Waals surface area contributed by atoms with Gasteiger partial charge in [0.05, 0.1) is 23.9 Å². The number of hydrogen-bond acceptors (Lipinski definition) is 5. The fourth-order valence-electron chi connectivity index (χ4n) is 2.05. The molecule has 2 rings (SSSR count). The standard InChI is InChI=1S/C15H18ClN3O4/c1-4-21-12-8-13(22-5-2)11(7-10(12)16)19(15(17)20)14-6-9(3)23-18-14/h6-8H,4-5H2,1-3H3,(H2,17,20). The number of aromatic nitrogens is 1. The zero-order chi connectivity index (χ0) is 17.0. The highest BCUT2D eigenvalue weighted by atomic mass is 35.5.